The molecule has 0 aromatic rings. The smallest absolute Gasteiger partial charge is 0.157 e. The molecule has 1 rings (SSSR count). The number of hydrogen-bond donors (Lipinski definition) is 0. The second-order valence-corrected chi connectivity index (χ2v) is 2.67. The van der Waals surface area contributed by atoms with Crippen molar-refractivity contribution in [2.75, 3.05) is 13.7 Å². The average Bonchev–Trinajstić information content (AvgIpc) is 1.88. The summed E-state index contributed by atoms with van der Waals surface area (Å²) in [7, 11) is 1.70. The summed E-state index contributed by atoms with van der Waals surface area (Å²) in [6.45, 7) is 3.09. The van der Waals surface area contributed by atoms with Gasteiger partial charge in [0.15, 0.2) is 6.29 Å². The summed E-state index contributed by atoms with van der Waals surface area (Å²) in [5.74, 6) is 0.767. The third-order valence-corrected chi connectivity index (χ3v) is 1.77. The molecular weight excluding hydrogens is 116 g/mol. The lowest BCUT2D eigenvalue weighted by atomic mass is 10.0. The molecule has 1 saturated heterocycles. The average molecular weight is 130 g/mol. The van der Waals surface area contributed by atoms with E-state index in [-0.39, 0.29) is 6.29 Å². The first-order valence-corrected chi connectivity index (χ1v) is 3.47. The van der Waals surface area contributed by atoms with E-state index in [1.807, 2.05) is 0 Å². The molecule has 0 aromatic carbocycles. The molecule has 2 heteroatoms. The fourth-order valence-corrected chi connectivity index (χ4v) is 1.08. The summed E-state index contributed by atoms with van der Waals surface area (Å²) in [4.78, 5) is 0. The molecule has 2 nitrogen and oxygen atoms in total. The number of methoxy groups -OCH3 is 1. The maximum Gasteiger partial charge on any atom is 0.157 e. The third-order valence-electron chi connectivity index (χ3n) is 1.77. The van der Waals surface area contributed by atoms with E-state index in [1.165, 1.54) is 6.42 Å². The zero-order chi connectivity index (χ0) is 6.69. The van der Waals surface area contributed by atoms with Crippen LogP contribution in [0.1, 0.15) is 19.8 Å². The Kier molecular flexibility index (Phi) is 2.49. The van der Waals surface area contributed by atoms with Crippen LogP contribution in [-0.2, 0) is 9.47 Å². The van der Waals surface area contributed by atoms with E-state index in [4.69, 9.17) is 9.47 Å². The lowest BCUT2D eigenvalue weighted by Crippen LogP contribution is -2.25. The van der Waals surface area contributed by atoms with E-state index >= 15 is 0 Å². The zero-order valence-electron chi connectivity index (χ0n) is 6.09. The van der Waals surface area contributed by atoms with Gasteiger partial charge in [-0.1, -0.05) is 6.92 Å². The molecule has 1 heterocycles. The van der Waals surface area contributed by atoms with Gasteiger partial charge in [0.25, 0.3) is 0 Å². The predicted octanol–water partition coefficient (Wildman–Crippen LogP) is 1.41. The molecule has 0 amide bonds. The van der Waals surface area contributed by atoms with Crippen LogP contribution < -0.4 is 0 Å². The van der Waals surface area contributed by atoms with Crippen molar-refractivity contribution in [3.63, 3.8) is 0 Å². The van der Waals surface area contributed by atoms with Crippen LogP contribution in [0.5, 0.6) is 0 Å². The van der Waals surface area contributed by atoms with Crippen LogP contribution in [0.15, 0.2) is 0 Å². The highest BCUT2D eigenvalue weighted by Gasteiger charge is 2.17. The van der Waals surface area contributed by atoms with Gasteiger partial charge in [-0.15, -0.1) is 0 Å². The van der Waals surface area contributed by atoms with Gasteiger partial charge in [0.05, 0.1) is 0 Å². The Morgan fingerprint density at radius 3 is 2.78 bits per heavy atom. The van der Waals surface area contributed by atoms with Crippen LogP contribution >= 0.6 is 0 Å². The van der Waals surface area contributed by atoms with Gasteiger partial charge in [-0.3, -0.25) is 0 Å². The minimum atomic E-state index is 0.0637. The summed E-state index contributed by atoms with van der Waals surface area (Å²) >= 11 is 0. The summed E-state index contributed by atoms with van der Waals surface area (Å²) in [5, 5.41) is 0. The summed E-state index contributed by atoms with van der Waals surface area (Å²) in [6.07, 6.45) is 2.30. The van der Waals surface area contributed by atoms with Crippen molar-refractivity contribution in [2.45, 2.75) is 26.1 Å². The molecule has 0 aliphatic carbocycles. The van der Waals surface area contributed by atoms with Crippen molar-refractivity contribution >= 4 is 0 Å². The normalized spacial score (nSPS) is 36.7. The van der Waals surface area contributed by atoms with Crippen molar-refractivity contribution < 1.29 is 9.47 Å². The largest absolute Gasteiger partial charge is 0.356 e. The highest BCUT2D eigenvalue weighted by Crippen LogP contribution is 2.18. The predicted molar refractivity (Wildman–Crippen MR) is 35.1 cm³/mol. The first-order valence-electron chi connectivity index (χ1n) is 3.47. The Bertz CT molecular complexity index is 83.0. The SMILES string of the molecule is COC1CC(C)CCO1. The van der Waals surface area contributed by atoms with Gasteiger partial charge in [0.2, 0.25) is 0 Å². The highest BCUT2D eigenvalue weighted by atomic mass is 16.7. The zero-order valence-corrected chi connectivity index (χ0v) is 6.09. The van der Waals surface area contributed by atoms with Gasteiger partial charge >= 0.3 is 0 Å². The van der Waals surface area contributed by atoms with Gasteiger partial charge in [-0.05, 0) is 12.3 Å². The first-order chi connectivity index (χ1) is 4.33. The van der Waals surface area contributed by atoms with Crippen LogP contribution in [0.4, 0.5) is 0 Å². The molecule has 0 spiro atoms. The maximum absolute atomic E-state index is 5.28. The molecule has 1 aliphatic rings. The van der Waals surface area contributed by atoms with Crippen molar-refractivity contribution in [2.24, 2.45) is 5.92 Å². The first kappa shape index (κ1) is 7.03. The van der Waals surface area contributed by atoms with E-state index < -0.39 is 0 Å². The number of ether oxygens (including phenoxy) is 2. The fraction of sp³-hybridized carbons (Fsp3) is 1.00. The lowest BCUT2D eigenvalue weighted by Gasteiger charge is -2.25. The van der Waals surface area contributed by atoms with Crippen molar-refractivity contribution in [3.8, 4) is 0 Å². The summed E-state index contributed by atoms with van der Waals surface area (Å²) < 4.78 is 10.3. The Labute approximate surface area is 56.2 Å². The topological polar surface area (TPSA) is 18.5 Å². The summed E-state index contributed by atoms with van der Waals surface area (Å²) in [6, 6.07) is 0. The second-order valence-electron chi connectivity index (χ2n) is 2.67. The van der Waals surface area contributed by atoms with Crippen LogP contribution in [0.3, 0.4) is 0 Å². The molecule has 0 radical (unpaired) electrons. The molecule has 0 bridgehead atoms. The Hall–Kier alpha value is -0.0800. The molecule has 9 heavy (non-hydrogen) atoms. The van der Waals surface area contributed by atoms with Gasteiger partial charge in [-0.2, -0.15) is 0 Å². The standard InChI is InChI=1S/C7H14O2/c1-6-3-4-9-7(5-6)8-2/h6-7H,3-5H2,1-2H3. The molecule has 0 N–H and O–H groups in total. The molecular formula is C7H14O2. The summed E-state index contributed by atoms with van der Waals surface area (Å²) in [5.41, 5.74) is 0. The van der Waals surface area contributed by atoms with E-state index in [0.717, 1.165) is 18.9 Å². The Morgan fingerprint density at radius 1 is 1.56 bits per heavy atom. The lowest BCUT2D eigenvalue weighted by molar-refractivity contribution is -0.156. The molecule has 2 atom stereocenters. The molecule has 1 fully saturated rings. The van der Waals surface area contributed by atoms with E-state index in [2.05, 4.69) is 6.92 Å². The third kappa shape index (κ3) is 1.95. The molecule has 1 aliphatic heterocycles. The van der Waals surface area contributed by atoms with Gasteiger partial charge in [0.1, 0.15) is 0 Å². The maximum atomic E-state index is 5.28. The quantitative estimate of drug-likeness (QED) is 0.534. The Balaban J connectivity index is 2.23. The van der Waals surface area contributed by atoms with Crippen LogP contribution in [0.25, 0.3) is 0 Å². The van der Waals surface area contributed by atoms with Crippen LogP contribution in [-0.4, -0.2) is 20.0 Å². The molecule has 54 valence electrons. The van der Waals surface area contributed by atoms with E-state index in [0.29, 0.717) is 0 Å². The minimum absolute atomic E-state index is 0.0637. The molecule has 0 aromatic heterocycles. The van der Waals surface area contributed by atoms with Crippen molar-refractivity contribution in [3.05, 3.63) is 0 Å². The van der Waals surface area contributed by atoms with Gasteiger partial charge < -0.3 is 9.47 Å². The van der Waals surface area contributed by atoms with Gasteiger partial charge in [0, 0.05) is 20.1 Å². The van der Waals surface area contributed by atoms with Crippen molar-refractivity contribution in [1.82, 2.24) is 0 Å². The Morgan fingerprint density at radius 2 is 2.33 bits per heavy atom. The monoisotopic (exact) mass is 130 g/mol. The van der Waals surface area contributed by atoms with Gasteiger partial charge in [-0.25, -0.2) is 0 Å². The fourth-order valence-electron chi connectivity index (χ4n) is 1.08. The highest BCUT2D eigenvalue weighted by molar-refractivity contribution is 4.60. The number of hydrogen-bond acceptors (Lipinski definition) is 2. The molecule has 0 saturated carbocycles. The van der Waals surface area contributed by atoms with Crippen LogP contribution in [0, 0.1) is 5.92 Å². The van der Waals surface area contributed by atoms with E-state index in [9.17, 15) is 0 Å². The van der Waals surface area contributed by atoms with E-state index in [1.54, 1.807) is 7.11 Å². The number of rotatable bonds is 1. The van der Waals surface area contributed by atoms with Crippen molar-refractivity contribution in [1.29, 1.82) is 0 Å². The second kappa shape index (κ2) is 3.18. The minimum Gasteiger partial charge on any atom is -0.356 e. The van der Waals surface area contributed by atoms with Crippen LogP contribution in [0.2, 0.25) is 0 Å². The molecule has 2 unspecified atom stereocenters.